The van der Waals surface area contributed by atoms with Crippen LogP contribution in [0.3, 0.4) is 0 Å². The number of nitrogens with zero attached hydrogens (tertiary/aromatic N) is 2. The molecule has 0 bridgehead atoms. The molecule has 1 N–H and O–H groups in total. The number of aliphatic hydroxyl groups is 1. The first-order chi connectivity index (χ1) is 11.6. The highest BCUT2D eigenvalue weighted by Crippen LogP contribution is 2.20. The standard InChI is InChI=1S/C19H29N2O3/c1-20(17-6-4-3-5-7-17)12-13-21(2)19(23)15-24-18-10-8-16(14-22)9-11-18/h3,8-11,17,22H,4-7,12-15H2,1-2H3. The number of rotatable bonds is 8. The molecular formula is C19H29N2O3. The largest absolute Gasteiger partial charge is 0.484 e. The van der Waals surface area contributed by atoms with Crippen LogP contribution in [0.15, 0.2) is 24.3 Å². The monoisotopic (exact) mass is 333 g/mol. The summed E-state index contributed by atoms with van der Waals surface area (Å²) in [6, 6.07) is 7.76. The van der Waals surface area contributed by atoms with E-state index in [2.05, 4.69) is 18.4 Å². The molecule has 0 unspecified atom stereocenters. The van der Waals surface area contributed by atoms with Gasteiger partial charge in [0.2, 0.25) is 0 Å². The molecule has 5 nitrogen and oxygen atoms in total. The lowest BCUT2D eigenvalue weighted by Gasteiger charge is -2.32. The summed E-state index contributed by atoms with van der Waals surface area (Å²) in [6.45, 7) is 1.64. The van der Waals surface area contributed by atoms with Crippen molar-refractivity contribution in [3.05, 3.63) is 36.2 Å². The van der Waals surface area contributed by atoms with Crippen molar-refractivity contribution in [2.45, 2.75) is 38.3 Å². The van der Waals surface area contributed by atoms with E-state index in [4.69, 9.17) is 9.84 Å². The lowest BCUT2D eigenvalue weighted by atomic mass is 9.94. The van der Waals surface area contributed by atoms with Crippen molar-refractivity contribution in [3.63, 3.8) is 0 Å². The normalized spacial score (nSPS) is 15.5. The van der Waals surface area contributed by atoms with Gasteiger partial charge in [0.1, 0.15) is 5.75 Å². The highest BCUT2D eigenvalue weighted by atomic mass is 16.5. The SMILES string of the molecule is CN(CCN(C)C1CC[CH]CC1)C(=O)COc1ccc(CO)cc1. The number of likely N-dealkylation sites (N-methyl/N-ethyl adjacent to an activating group) is 2. The molecule has 1 aliphatic rings. The van der Waals surface area contributed by atoms with E-state index in [-0.39, 0.29) is 19.1 Å². The third kappa shape index (κ3) is 5.80. The van der Waals surface area contributed by atoms with E-state index < -0.39 is 0 Å². The van der Waals surface area contributed by atoms with Gasteiger partial charge in [-0.2, -0.15) is 0 Å². The van der Waals surface area contributed by atoms with Crippen LogP contribution in [0.1, 0.15) is 31.2 Å². The van der Waals surface area contributed by atoms with Gasteiger partial charge in [-0.3, -0.25) is 4.79 Å². The van der Waals surface area contributed by atoms with Gasteiger partial charge in [0, 0.05) is 26.2 Å². The zero-order chi connectivity index (χ0) is 17.4. The number of ether oxygens (including phenoxy) is 1. The Morgan fingerprint density at radius 2 is 1.83 bits per heavy atom. The summed E-state index contributed by atoms with van der Waals surface area (Å²) in [4.78, 5) is 16.3. The molecular weight excluding hydrogens is 304 g/mol. The Balaban J connectivity index is 1.69. The maximum absolute atomic E-state index is 12.2. The average Bonchev–Trinajstić information content (AvgIpc) is 2.64. The summed E-state index contributed by atoms with van der Waals surface area (Å²) in [6.07, 6.45) is 7.21. The predicted molar refractivity (Wildman–Crippen MR) is 94.7 cm³/mol. The minimum atomic E-state index is -0.0217. The Morgan fingerprint density at radius 1 is 1.17 bits per heavy atom. The number of aliphatic hydroxyl groups excluding tert-OH is 1. The summed E-state index contributed by atoms with van der Waals surface area (Å²) >= 11 is 0. The fourth-order valence-electron chi connectivity index (χ4n) is 2.91. The van der Waals surface area contributed by atoms with E-state index >= 15 is 0 Å². The van der Waals surface area contributed by atoms with Crippen LogP contribution in [-0.4, -0.2) is 60.6 Å². The smallest absolute Gasteiger partial charge is 0.260 e. The van der Waals surface area contributed by atoms with Crippen LogP contribution in [0.4, 0.5) is 0 Å². The molecule has 133 valence electrons. The average molecular weight is 333 g/mol. The molecule has 1 saturated carbocycles. The van der Waals surface area contributed by atoms with Crippen LogP contribution in [0.25, 0.3) is 0 Å². The Labute approximate surface area is 145 Å². The molecule has 1 aromatic carbocycles. The first-order valence-corrected chi connectivity index (χ1v) is 8.68. The zero-order valence-electron chi connectivity index (χ0n) is 14.8. The quantitative estimate of drug-likeness (QED) is 0.791. The maximum atomic E-state index is 12.2. The second-order valence-corrected chi connectivity index (χ2v) is 6.48. The second-order valence-electron chi connectivity index (χ2n) is 6.48. The summed E-state index contributed by atoms with van der Waals surface area (Å²) in [5.41, 5.74) is 0.828. The van der Waals surface area contributed by atoms with Gasteiger partial charge < -0.3 is 19.6 Å². The number of carbonyl (C=O) groups is 1. The van der Waals surface area contributed by atoms with Gasteiger partial charge in [0.05, 0.1) is 6.61 Å². The fourth-order valence-corrected chi connectivity index (χ4v) is 2.91. The third-order valence-corrected chi connectivity index (χ3v) is 4.71. The minimum absolute atomic E-state index is 0.00842. The number of hydrogen-bond acceptors (Lipinski definition) is 4. The van der Waals surface area contributed by atoms with Gasteiger partial charge in [0.15, 0.2) is 6.61 Å². The van der Waals surface area contributed by atoms with E-state index in [9.17, 15) is 4.79 Å². The lowest BCUT2D eigenvalue weighted by Crippen LogP contribution is -2.41. The summed E-state index contributed by atoms with van der Waals surface area (Å²) in [5, 5.41) is 9.01. The second kappa shape index (κ2) is 9.64. The summed E-state index contributed by atoms with van der Waals surface area (Å²) in [5.74, 6) is 0.621. The van der Waals surface area contributed by atoms with Crippen LogP contribution in [-0.2, 0) is 11.4 Å². The highest BCUT2D eigenvalue weighted by Gasteiger charge is 2.19. The molecule has 0 aromatic heterocycles. The summed E-state index contributed by atoms with van der Waals surface area (Å²) in [7, 11) is 3.97. The molecule has 0 spiro atoms. The van der Waals surface area contributed by atoms with Crippen molar-refractivity contribution in [1.29, 1.82) is 0 Å². The molecule has 0 saturated heterocycles. The van der Waals surface area contributed by atoms with Crippen molar-refractivity contribution in [2.24, 2.45) is 0 Å². The number of benzene rings is 1. The Hall–Kier alpha value is -1.59. The van der Waals surface area contributed by atoms with Crippen LogP contribution in [0.2, 0.25) is 0 Å². The first-order valence-electron chi connectivity index (χ1n) is 8.68. The fraction of sp³-hybridized carbons (Fsp3) is 0.579. The molecule has 0 atom stereocenters. The third-order valence-electron chi connectivity index (χ3n) is 4.71. The number of hydrogen-bond donors (Lipinski definition) is 1. The van der Waals surface area contributed by atoms with Crippen molar-refractivity contribution < 1.29 is 14.6 Å². The Bertz CT molecular complexity index is 498. The van der Waals surface area contributed by atoms with Gasteiger partial charge in [-0.25, -0.2) is 0 Å². The van der Waals surface area contributed by atoms with E-state index in [1.807, 2.05) is 7.05 Å². The van der Waals surface area contributed by atoms with Crippen molar-refractivity contribution >= 4 is 5.91 Å². The Morgan fingerprint density at radius 3 is 2.46 bits per heavy atom. The van der Waals surface area contributed by atoms with Gasteiger partial charge in [-0.1, -0.05) is 12.1 Å². The van der Waals surface area contributed by atoms with Crippen molar-refractivity contribution in [3.8, 4) is 5.75 Å². The first kappa shape index (κ1) is 18.7. The van der Waals surface area contributed by atoms with Gasteiger partial charge in [0.25, 0.3) is 5.91 Å². The number of amides is 1. The Kier molecular flexibility index (Phi) is 7.53. The van der Waals surface area contributed by atoms with Gasteiger partial charge in [-0.05, 0) is 56.8 Å². The van der Waals surface area contributed by atoms with E-state index in [0.717, 1.165) is 12.1 Å². The van der Waals surface area contributed by atoms with Crippen LogP contribution in [0.5, 0.6) is 5.75 Å². The maximum Gasteiger partial charge on any atom is 0.260 e. The van der Waals surface area contributed by atoms with Gasteiger partial charge >= 0.3 is 0 Å². The zero-order valence-corrected chi connectivity index (χ0v) is 14.8. The summed E-state index contributed by atoms with van der Waals surface area (Å²) < 4.78 is 5.52. The van der Waals surface area contributed by atoms with E-state index in [1.165, 1.54) is 25.7 Å². The van der Waals surface area contributed by atoms with Crippen LogP contribution >= 0.6 is 0 Å². The van der Waals surface area contributed by atoms with Gasteiger partial charge in [-0.15, -0.1) is 0 Å². The molecule has 0 aliphatic heterocycles. The van der Waals surface area contributed by atoms with Crippen LogP contribution < -0.4 is 4.74 Å². The molecule has 1 fully saturated rings. The van der Waals surface area contributed by atoms with E-state index in [1.54, 1.807) is 29.2 Å². The lowest BCUT2D eigenvalue weighted by molar-refractivity contribution is -0.132. The topological polar surface area (TPSA) is 53.0 Å². The molecule has 1 amide bonds. The molecule has 1 aliphatic carbocycles. The van der Waals surface area contributed by atoms with E-state index in [0.29, 0.717) is 18.3 Å². The van der Waals surface area contributed by atoms with Crippen LogP contribution in [0, 0.1) is 6.42 Å². The molecule has 1 aromatic rings. The molecule has 0 heterocycles. The molecule has 1 radical (unpaired) electrons. The molecule has 2 rings (SSSR count). The van der Waals surface area contributed by atoms with Crippen molar-refractivity contribution in [1.82, 2.24) is 9.80 Å². The highest BCUT2D eigenvalue weighted by molar-refractivity contribution is 5.77. The minimum Gasteiger partial charge on any atom is -0.484 e. The van der Waals surface area contributed by atoms with Crippen molar-refractivity contribution in [2.75, 3.05) is 33.8 Å². The molecule has 5 heteroatoms. The molecule has 24 heavy (non-hydrogen) atoms. The number of carbonyl (C=O) groups excluding carboxylic acids is 1. The predicted octanol–water partition coefficient (Wildman–Crippen LogP) is 2.09.